The topological polar surface area (TPSA) is 73.6 Å². The van der Waals surface area contributed by atoms with E-state index in [1.807, 2.05) is 30.3 Å². The van der Waals surface area contributed by atoms with Crippen molar-refractivity contribution in [2.24, 2.45) is 0 Å². The average Bonchev–Trinajstić information content (AvgIpc) is 2.70. The summed E-state index contributed by atoms with van der Waals surface area (Å²) in [5.41, 5.74) is 2.32. The van der Waals surface area contributed by atoms with E-state index in [1.165, 1.54) is 0 Å². The van der Waals surface area contributed by atoms with Crippen molar-refractivity contribution >= 4 is 11.8 Å². The Bertz CT molecular complexity index is 886. The minimum Gasteiger partial charge on any atom is -0.497 e. The third-order valence-corrected chi connectivity index (χ3v) is 4.72. The maximum atomic E-state index is 12.8. The number of hydrogen-bond acceptors (Lipinski definition) is 4. The molecule has 0 spiro atoms. The highest BCUT2D eigenvalue weighted by molar-refractivity contribution is 5.94. The molecule has 2 aromatic rings. The van der Waals surface area contributed by atoms with Gasteiger partial charge in [-0.15, -0.1) is 0 Å². The number of carbonyl (C=O) groups is 2. The van der Waals surface area contributed by atoms with Gasteiger partial charge in [-0.05, 0) is 42.3 Å². The summed E-state index contributed by atoms with van der Waals surface area (Å²) in [6.07, 6.45) is 0. The van der Waals surface area contributed by atoms with E-state index in [-0.39, 0.29) is 18.4 Å². The summed E-state index contributed by atoms with van der Waals surface area (Å²) in [5.74, 6) is 0.568. The summed E-state index contributed by atoms with van der Waals surface area (Å²) in [4.78, 5) is 28.6. The molecule has 1 aliphatic heterocycles. The van der Waals surface area contributed by atoms with Gasteiger partial charge in [-0.1, -0.05) is 24.3 Å². The molecule has 0 saturated carbocycles. The number of rotatable bonds is 5. The van der Waals surface area contributed by atoms with Crippen LogP contribution in [-0.2, 0) is 22.7 Å². The molecule has 1 fully saturated rings. The van der Waals surface area contributed by atoms with Crippen LogP contribution >= 0.6 is 0 Å². The second kappa shape index (κ2) is 7.92. The Balaban J connectivity index is 1.70. The molecule has 2 amide bonds. The van der Waals surface area contributed by atoms with E-state index in [9.17, 15) is 9.59 Å². The third-order valence-electron chi connectivity index (χ3n) is 4.72. The van der Waals surface area contributed by atoms with Crippen LogP contribution < -0.4 is 4.74 Å². The van der Waals surface area contributed by atoms with E-state index in [2.05, 4.69) is 6.07 Å². The Labute approximate surface area is 158 Å². The second-order valence-corrected chi connectivity index (χ2v) is 6.55. The molecule has 1 saturated heterocycles. The lowest BCUT2D eigenvalue weighted by Crippen LogP contribution is -2.57. The van der Waals surface area contributed by atoms with Crippen LogP contribution in [-0.4, -0.2) is 41.3 Å². The van der Waals surface area contributed by atoms with E-state index in [1.54, 1.807) is 42.0 Å². The Morgan fingerprint density at radius 2 is 1.85 bits per heavy atom. The zero-order valence-electron chi connectivity index (χ0n) is 15.4. The molecule has 27 heavy (non-hydrogen) atoms. The number of piperazine rings is 1. The van der Waals surface area contributed by atoms with Crippen molar-refractivity contribution in [1.82, 2.24) is 9.80 Å². The van der Waals surface area contributed by atoms with Gasteiger partial charge >= 0.3 is 0 Å². The first-order valence-electron chi connectivity index (χ1n) is 8.72. The van der Waals surface area contributed by atoms with Gasteiger partial charge in [0.05, 0.1) is 18.7 Å². The Morgan fingerprint density at radius 1 is 1.11 bits per heavy atom. The van der Waals surface area contributed by atoms with Crippen LogP contribution in [0, 0.1) is 11.3 Å². The van der Waals surface area contributed by atoms with Crippen molar-refractivity contribution in [2.45, 2.75) is 26.1 Å². The fourth-order valence-corrected chi connectivity index (χ4v) is 3.19. The van der Waals surface area contributed by atoms with Crippen LogP contribution in [0.15, 0.2) is 48.5 Å². The minimum atomic E-state index is -0.546. The highest BCUT2D eigenvalue weighted by Gasteiger charge is 2.36. The molecule has 6 nitrogen and oxygen atoms in total. The van der Waals surface area contributed by atoms with Gasteiger partial charge < -0.3 is 14.5 Å². The highest BCUT2D eigenvalue weighted by atomic mass is 16.5. The van der Waals surface area contributed by atoms with Crippen molar-refractivity contribution in [3.8, 4) is 11.8 Å². The largest absolute Gasteiger partial charge is 0.497 e. The maximum absolute atomic E-state index is 12.8. The molecule has 0 aliphatic carbocycles. The standard InChI is InChI=1S/C21H21N3O3/c1-15-21(26)23(12-16-6-8-19(27-2)9-7-16)14-20(25)24(15)13-18-5-3-4-17(10-18)11-22/h3-10,15H,12-14H2,1-2H3/t15-/m0/s1. The van der Waals surface area contributed by atoms with E-state index in [4.69, 9.17) is 10.00 Å². The molecule has 0 N–H and O–H groups in total. The Kier molecular flexibility index (Phi) is 5.41. The number of ether oxygens (including phenoxy) is 1. The van der Waals surface area contributed by atoms with E-state index in [0.29, 0.717) is 18.7 Å². The zero-order chi connectivity index (χ0) is 19.4. The highest BCUT2D eigenvalue weighted by Crippen LogP contribution is 2.20. The van der Waals surface area contributed by atoms with Crippen LogP contribution in [0.4, 0.5) is 0 Å². The van der Waals surface area contributed by atoms with Crippen LogP contribution in [0.2, 0.25) is 0 Å². The van der Waals surface area contributed by atoms with Gasteiger partial charge in [0.1, 0.15) is 18.3 Å². The van der Waals surface area contributed by atoms with Gasteiger partial charge in [0.15, 0.2) is 0 Å². The molecule has 3 rings (SSSR count). The van der Waals surface area contributed by atoms with Crippen LogP contribution in [0.25, 0.3) is 0 Å². The van der Waals surface area contributed by atoms with E-state index in [0.717, 1.165) is 16.9 Å². The molecular formula is C21H21N3O3. The van der Waals surface area contributed by atoms with Crippen LogP contribution in [0.1, 0.15) is 23.6 Å². The summed E-state index contributed by atoms with van der Waals surface area (Å²) >= 11 is 0. The van der Waals surface area contributed by atoms with Crippen LogP contribution in [0.5, 0.6) is 5.75 Å². The van der Waals surface area contributed by atoms with Gasteiger partial charge in [0.25, 0.3) is 0 Å². The third kappa shape index (κ3) is 4.09. The fraction of sp³-hybridized carbons (Fsp3) is 0.286. The summed E-state index contributed by atoms with van der Waals surface area (Å²) in [6, 6.07) is 16.1. The van der Waals surface area contributed by atoms with Crippen molar-refractivity contribution in [3.05, 3.63) is 65.2 Å². The van der Waals surface area contributed by atoms with Crippen molar-refractivity contribution in [1.29, 1.82) is 5.26 Å². The van der Waals surface area contributed by atoms with Gasteiger partial charge in [0, 0.05) is 13.1 Å². The Hall–Kier alpha value is -3.33. The summed E-state index contributed by atoms with van der Waals surface area (Å²) in [7, 11) is 1.60. The predicted molar refractivity (Wildman–Crippen MR) is 99.6 cm³/mol. The Morgan fingerprint density at radius 3 is 2.52 bits per heavy atom. The number of hydrogen-bond donors (Lipinski definition) is 0. The molecule has 138 valence electrons. The SMILES string of the molecule is COc1ccc(CN2CC(=O)N(Cc3cccc(C#N)c3)[C@@H](C)C2=O)cc1. The number of methoxy groups -OCH3 is 1. The molecule has 2 aromatic carbocycles. The van der Waals surface area contributed by atoms with Crippen LogP contribution in [0.3, 0.4) is 0 Å². The molecule has 6 heteroatoms. The fourth-order valence-electron chi connectivity index (χ4n) is 3.19. The smallest absolute Gasteiger partial charge is 0.245 e. The number of amides is 2. The predicted octanol–water partition coefficient (Wildman–Crippen LogP) is 2.33. The first-order chi connectivity index (χ1) is 13.0. The molecule has 1 aliphatic rings. The lowest BCUT2D eigenvalue weighted by Gasteiger charge is -2.39. The van der Waals surface area contributed by atoms with Crippen molar-refractivity contribution in [3.63, 3.8) is 0 Å². The lowest BCUT2D eigenvalue weighted by atomic mass is 10.1. The van der Waals surface area contributed by atoms with Crippen molar-refractivity contribution < 1.29 is 14.3 Å². The first-order valence-corrected chi connectivity index (χ1v) is 8.72. The molecule has 1 heterocycles. The molecule has 0 aromatic heterocycles. The number of benzene rings is 2. The summed E-state index contributed by atoms with van der Waals surface area (Å²) in [5, 5.41) is 9.02. The first kappa shape index (κ1) is 18.5. The monoisotopic (exact) mass is 363 g/mol. The molecule has 0 unspecified atom stereocenters. The summed E-state index contributed by atoms with van der Waals surface area (Å²) < 4.78 is 5.14. The molecule has 1 atom stereocenters. The minimum absolute atomic E-state index is 0.0488. The van der Waals surface area contributed by atoms with Gasteiger partial charge in [-0.25, -0.2) is 0 Å². The van der Waals surface area contributed by atoms with Gasteiger partial charge in [0.2, 0.25) is 11.8 Å². The number of nitrogens with zero attached hydrogens (tertiary/aromatic N) is 3. The number of carbonyl (C=O) groups excluding carboxylic acids is 2. The number of nitriles is 1. The molecule has 0 bridgehead atoms. The van der Waals surface area contributed by atoms with Gasteiger partial charge in [-0.3, -0.25) is 9.59 Å². The second-order valence-electron chi connectivity index (χ2n) is 6.55. The normalized spacial score (nSPS) is 17.0. The quantitative estimate of drug-likeness (QED) is 0.817. The lowest BCUT2D eigenvalue weighted by molar-refractivity contribution is -0.156. The summed E-state index contributed by atoms with van der Waals surface area (Å²) in [6.45, 7) is 2.50. The van der Waals surface area contributed by atoms with Crippen molar-refractivity contribution in [2.75, 3.05) is 13.7 Å². The molecule has 0 radical (unpaired) electrons. The van der Waals surface area contributed by atoms with E-state index < -0.39 is 6.04 Å². The van der Waals surface area contributed by atoms with E-state index >= 15 is 0 Å². The maximum Gasteiger partial charge on any atom is 0.245 e. The molecular weight excluding hydrogens is 342 g/mol. The zero-order valence-corrected chi connectivity index (χ0v) is 15.4. The average molecular weight is 363 g/mol. The van der Waals surface area contributed by atoms with Gasteiger partial charge in [-0.2, -0.15) is 5.26 Å².